The third-order valence-corrected chi connectivity index (χ3v) is 1.59. The number of rotatable bonds is 0. The number of alkyl halides is 1. The number of benzene rings is 1. The first-order chi connectivity index (χ1) is 5.74. The summed E-state index contributed by atoms with van der Waals surface area (Å²) in [6, 6.07) is 4.22. The molecule has 0 unspecified atom stereocenters. The summed E-state index contributed by atoms with van der Waals surface area (Å²) >= 11 is 10.9. The van der Waals surface area contributed by atoms with Crippen molar-refractivity contribution in [2.24, 2.45) is 0 Å². The number of hydrogen-bond donors (Lipinski definition) is 0. The minimum atomic E-state index is -0.378. The lowest BCUT2D eigenvalue weighted by molar-refractivity contribution is 0.624. The van der Waals surface area contributed by atoms with Crippen molar-refractivity contribution in [2.45, 2.75) is 0 Å². The molecule has 0 nitrogen and oxygen atoms in total. The molecule has 1 aromatic carbocycles. The van der Waals surface area contributed by atoms with Gasteiger partial charge in [-0.3, -0.25) is 0 Å². The van der Waals surface area contributed by atoms with Gasteiger partial charge in [-0.25, -0.2) is 4.39 Å². The summed E-state index contributed by atoms with van der Waals surface area (Å²) in [4.78, 5) is 0. The minimum Gasteiger partial charge on any atom is -0.206 e. The van der Waals surface area contributed by atoms with Crippen molar-refractivity contribution in [3.05, 3.63) is 34.6 Å². The van der Waals surface area contributed by atoms with Gasteiger partial charge in [-0.2, -0.15) is 0 Å². The molecule has 0 N–H and O–H groups in total. The van der Waals surface area contributed by atoms with E-state index in [1.807, 2.05) is 0 Å². The Hall–Kier alpha value is -0.710. The molecule has 1 rings (SSSR count). The predicted octanol–water partition coefficient (Wildman–Crippen LogP) is 3.07. The molecule has 0 fully saturated rings. The molecule has 0 spiro atoms. The summed E-state index contributed by atoms with van der Waals surface area (Å²) in [5, 5.41) is 0.468. The van der Waals surface area contributed by atoms with Crippen LogP contribution in [0.15, 0.2) is 18.2 Å². The Bertz CT molecular complexity index is 336. The maximum atomic E-state index is 12.9. The first kappa shape index (κ1) is 9.38. The van der Waals surface area contributed by atoms with Crippen LogP contribution in [0.3, 0.4) is 0 Å². The molecule has 0 aliphatic rings. The van der Waals surface area contributed by atoms with Crippen LogP contribution < -0.4 is 0 Å². The Morgan fingerprint density at radius 3 is 2.83 bits per heavy atom. The quantitative estimate of drug-likeness (QED) is 0.449. The molecular weight excluding hydrogens is 198 g/mol. The maximum Gasteiger partial charge on any atom is 0.138 e. The van der Waals surface area contributed by atoms with Crippen molar-refractivity contribution in [1.82, 2.24) is 0 Å². The van der Waals surface area contributed by atoms with Gasteiger partial charge >= 0.3 is 0 Å². The molecule has 0 amide bonds. The van der Waals surface area contributed by atoms with Gasteiger partial charge < -0.3 is 0 Å². The standard InChI is InChI=1S/C9H5Cl2F/c10-5-1-2-7-6-8(11)3-4-9(7)12/h3-4,6H,5H2. The summed E-state index contributed by atoms with van der Waals surface area (Å²) in [6.45, 7) is 0. The Morgan fingerprint density at radius 1 is 1.42 bits per heavy atom. The first-order valence-corrected chi connectivity index (χ1v) is 4.15. The predicted molar refractivity (Wildman–Crippen MR) is 49.0 cm³/mol. The van der Waals surface area contributed by atoms with E-state index in [1.165, 1.54) is 18.2 Å². The molecule has 0 aliphatic carbocycles. The second-order valence-electron chi connectivity index (χ2n) is 2.06. The van der Waals surface area contributed by atoms with Crippen molar-refractivity contribution in [2.75, 3.05) is 5.88 Å². The van der Waals surface area contributed by atoms with Crippen molar-refractivity contribution < 1.29 is 4.39 Å². The minimum absolute atomic E-state index is 0.186. The molecule has 0 atom stereocenters. The average Bonchev–Trinajstić information content (AvgIpc) is 2.07. The molecule has 0 saturated carbocycles. The second-order valence-corrected chi connectivity index (χ2v) is 2.76. The van der Waals surface area contributed by atoms with Crippen LogP contribution in [0.5, 0.6) is 0 Å². The van der Waals surface area contributed by atoms with E-state index in [9.17, 15) is 4.39 Å². The summed E-state index contributed by atoms with van der Waals surface area (Å²) in [7, 11) is 0. The van der Waals surface area contributed by atoms with Crippen LogP contribution in [0.4, 0.5) is 4.39 Å². The summed E-state index contributed by atoms with van der Waals surface area (Å²) in [5.74, 6) is 4.92. The van der Waals surface area contributed by atoms with Crippen LogP contribution in [-0.4, -0.2) is 5.88 Å². The van der Waals surface area contributed by atoms with Crippen molar-refractivity contribution in [3.63, 3.8) is 0 Å². The largest absolute Gasteiger partial charge is 0.206 e. The molecule has 62 valence electrons. The van der Waals surface area contributed by atoms with E-state index in [0.29, 0.717) is 5.02 Å². The highest BCUT2D eigenvalue weighted by Crippen LogP contribution is 2.13. The lowest BCUT2D eigenvalue weighted by atomic mass is 10.2. The summed E-state index contributed by atoms with van der Waals surface area (Å²) in [5.41, 5.74) is 0.281. The van der Waals surface area contributed by atoms with Crippen molar-refractivity contribution >= 4 is 23.2 Å². The molecule has 0 saturated heterocycles. The molecular formula is C9H5Cl2F. The van der Waals surface area contributed by atoms with E-state index in [1.54, 1.807) is 0 Å². The maximum absolute atomic E-state index is 12.9. The van der Waals surface area contributed by atoms with E-state index >= 15 is 0 Å². The van der Waals surface area contributed by atoms with Gasteiger partial charge in [0.15, 0.2) is 0 Å². The van der Waals surface area contributed by atoms with Gasteiger partial charge in [-0.1, -0.05) is 23.4 Å². The van der Waals surface area contributed by atoms with Gasteiger partial charge in [0.1, 0.15) is 5.82 Å². The van der Waals surface area contributed by atoms with Crippen LogP contribution in [0, 0.1) is 17.7 Å². The van der Waals surface area contributed by atoms with Gasteiger partial charge in [0.25, 0.3) is 0 Å². The van der Waals surface area contributed by atoms with Crippen molar-refractivity contribution in [1.29, 1.82) is 0 Å². The fourth-order valence-electron chi connectivity index (χ4n) is 0.722. The zero-order valence-corrected chi connectivity index (χ0v) is 7.58. The molecule has 1 aromatic rings. The summed E-state index contributed by atoms with van der Waals surface area (Å²) < 4.78 is 12.9. The van der Waals surface area contributed by atoms with E-state index in [2.05, 4.69) is 11.8 Å². The molecule has 3 heteroatoms. The van der Waals surface area contributed by atoms with Crippen molar-refractivity contribution in [3.8, 4) is 11.8 Å². The molecule has 0 bridgehead atoms. The monoisotopic (exact) mass is 202 g/mol. The lowest BCUT2D eigenvalue weighted by Crippen LogP contribution is -1.82. The summed E-state index contributed by atoms with van der Waals surface area (Å²) in [6.07, 6.45) is 0. The van der Waals surface area contributed by atoms with Crippen LogP contribution in [0.1, 0.15) is 5.56 Å². The van der Waals surface area contributed by atoms with E-state index in [4.69, 9.17) is 23.2 Å². The highest BCUT2D eigenvalue weighted by atomic mass is 35.5. The smallest absolute Gasteiger partial charge is 0.138 e. The van der Waals surface area contributed by atoms with Gasteiger partial charge in [0.2, 0.25) is 0 Å². The van der Waals surface area contributed by atoms with Gasteiger partial charge in [-0.15, -0.1) is 11.6 Å². The topological polar surface area (TPSA) is 0 Å². The number of hydrogen-bond acceptors (Lipinski definition) is 0. The molecule has 0 heterocycles. The zero-order chi connectivity index (χ0) is 8.97. The Morgan fingerprint density at radius 2 is 2.17 bits per heavy atom. The van der Waals surface area contributed by atoms with Gasteiger partial charge in [-0.05, 0) is 18.2 Å². The highest BCUT2D eigenvalue weighted by Gasteiger charge is 1.98. The second kappa shape index (κ2) is 4.35. The fourth-order valence-corrected chi connectivity index (χ4v) is 0.961. The van der Waals surface area contributed by atoms with Crippen LogP contribution in [0.25, 0.3) is 0 Å². The van der Waals surface area contributed by atoms with E-state index < -0.39 is 0 Å². The molecule has 0 aliphatic heterocycles. The lowest BCUT2D eigenvalue weighted by Gasteiger charge is -1.93. The van der Waals surface area contributed by atoms with E-state index in [0.717, 1.165) is 0 Å². The molecule has 12 heavy (non-hydrogen) atoms. The fraction of sp³-hybridized carbons (Fsp3) is 0.111. The third-order valence-electron chi connectivity index (χ3n) is 1.22. The highest BCUT2D eigenvalue weighted by molar-refractivity contribution is 6.30. The van der Waals surface area contributed by atoms with E-state index in [-0.39, 0.29) is 17.3 Å². The molecule has 0 aromatic heterocycles. The van der Waals surface area contributed by atoms with Crippen LogP contribution in [0.2, 0.25) is 5.02 Å². The molecule has 0 radical (unpaired) electrons. The van der Waals surface area contributed by atoms with Crippen LogP contribution >= 0.6 is 23.2 Å². The van der Waals surface area contributed by atoms with Gasteiger partial charge in [0, 0.05) is 5.02 Å². The number of halogens is 3. The van der Waals surface area contributed by atoms with Crippen LogP contribution in [-0.2, 0) is 0 Å². The van der Waals surface area contributed by atoms with Gasteiger partial charge in [0.05, 0.1) is 11.4 Å². The first-order valence-electron chi connectivity index (χ1n) is 3.24. The Kier molecular flexibility index (Phi) is 3.40. The normalized spacial score (nSPS) is 8.92. The Balaban J connectivity index is 3.05. The third kappa shape index (κ3) is 2.41. The average molecular weight is 203 g/mol. The Labute approximate surface area is 80.3 Å². The zero-order valence-electron chi connectivity index (χ0n) is 6.07. The SMILES string of the molecule is Fc1ccc(Cl)cc1C#CCCl.